The Kier molecular flexibility index (Phi) is 4.83. The number of nitrogens with one attached hydrogen (secondary N) is 1. The molecule has 0 bridgehead atoms. The van der Waals surface area contributed by atoms with Gasteiger partial charge in [-0.15, -0.1) is 0 Å². The van der Waals surface area contributed by atoms with Gasteiger partial charge in [0.05, 0.1) is 12.4 Å². The van der Waals surface area contributed by atoms with Crippen LogP contribution in [0.15, 0.2) is 66.7 Å². The summed E-state index contributed by atoms with van der Waals surface area (Å²) in [6.07, 6.45) is 11.5. The molecule has 0 saturated heterocycles. The van der Waals surface area contributed by atoms with Gasteiger partial charge in [0.15, 0.2) is 5.78 Å². The van der Waals surface area contributed by atoms with Gasteiger partial charge in [0.1, 0.15) is 0 Å². The summed E-state index contributed by atoms with van der Waals surface area (Å²) in [5, 5.41) is 0. The average molecular weight is 307 g/mol. The normalized spacial score (nSPS) is 18.5. The topological polar surface area (TPSA) is 71.8 Å². The maximum atomic E-state index is 12.3. The molecule has 3 rings (SSSR count). The summed E-state index contributed by atoms with van der Waals surface area (Å²) < 4.78 is 0. The first kappa shape index (κ1) is 15.4. The minimum absolute atomic E-state index is 0.0636. The van der Waals surface area contributed by atoms with E-state index in [0.29, 0.717) is 18.8 Å². The number of allylic oxidation sites excluding steroid dienone is 4. The van der Waals surface area contributed by atoms with E-state index in [1.807, 2.05) is 6.07 Å². The molecular formula is C19H21N3O. The van der Waals surface area contributed by atoms with Crippen LogP contribution in [-0.2, 0) is 11.2 Å². The molecule has 4 heteroatoms. The summed E-state index contributed by atoms with van der Waals surface area (Å²) in [7, 11) is 0. The van der Waals surface area contributed by atoms with E-state index < -0.39 is 6.04 Å². The van der Waals surface area contributed by atoms with Gasteiger partial charge in [0.25, 0.3) is 0 Å². The van der Waals surface area contributed by atoms with Crippen LogP contribution in [0, 0.1) is 0 Å². The Hall–Kier alpha value is -2.46. The third kappa shape index (κ3) is 4.05. The van der Waals surface area contributed by atoms with Crippen LogP contribution in [0.2, 0.25) is 0 Å². The minimum atomic E-state index is -0.489. The van der Waals surface area contributed by atoms with Crippen molar-refractivity contribution >= 4 is 5.78 Å². The van der Waals surface area contributed by atoms with Crippen LogP contribution < -0.4 is 5.73 Å². The van der Waals surface area contributed by atoms with Crippen molar-refractivity contribution in [1.82, 2.24) is 9.97 Å². The molecule has 1 aliphatic rings. The third-order valence-electron chi connectivity index (χ3n) is 4.19. The van der Waals surface area contributed by atoms with Crippen LogP contribution in [0.5, 0.6) is 0 Å². The lowest BCUT2D eigenvalue weighted by atomic mass is 9.88. The predicted molar refractivity (Wildman–Crippen MR) is 90.9 cm³/mol. The highest BCUT2D eigenvalue weighted by molar-refractivity contribution is 5.86. The Bertz CT molecular complexity index is 701. The molecule has 2 atom stereocenters. The van der Waals surface area contributed by atoms with Crippen molar-refractivity contribution in [2.45, 2.75) is 31.2 Å². The average Bonchev–Trinajstić information content (AvgIpc) is 3.09. The van der Waals surface area contributed by atoms with Gasteiger partial charge in [-0.05, 0) is 17.6 Å². The van der Waals surface area contributed by atoms with E-state index in [1.165, 1.54) is 5.56 Å². The van der Waals surface area contributed by atoms with Gasteiger partial charge in [0.2, 0.25) is 0 Å². The van der Waals surface area contributed by atoms with Gasteiger partial charge in [-0.2, -0.15) is 0 Å². The fraction of sp³-hybridized carbons (Fsp3) is 0.263. The number of carbonyl (C=O) groups is 1. The van der Waals surface area contributed by atoms with E-state index in [4.69, 9.17) is 5.73 Å². The molecule has 1 aromatic carbocycles. The first-order chi connectivity index (χ1) is 11.2. The van der Waals surface area contributed by atoms with Crippen molar-refractivity contribution in [3.8, 4) is 0 Å². The van der Waals surface area contributed by atoms with Crippen LogP contribution in [0.4, 0.5) is 0 Å². The Labute approximate surface area is 136 Å². The summed E-state index contributed by atoms with van der Waals surface area (Å²) in [5.74, 6) is 0.461. The molecule has 3 N–H and O–H groups in total. The number of hydrogen-bond acceptors (Lipinski definition) is 3. The van der Waals surface area contributed by atoms with Gasteiger partial charge in [-0.25, -0.2) is 4.98 Å². The number of rotatable bonds is 6. The maximum absolute atomic E-state index is 12.3. The van der Waals surface area contributed by atoms with Gasteiger partial charge in [0, 0.05) is 30.7 Å². The fourth-order valence-electron chi connectivity index (χ4n) is 2.82. The quantitative estimate of drug-likeness (QED) is 0.862. The highest BCUT2D eigenvalue weighted by atomic mass is 16.1. The lowest BCUT2D eigenvalue weighted by Gasteiger charge is -2.17. The van der Waals surface area contributed by atoms with Crippen LogP contribution >= 0.6 is 0 Å². The first-order valence-corrected chi connectivity index (χ1v) is 7.90. The zero-order valence-electron chi connectivity index (χ0n) is 13.0. The van der Waals surface area contributed by atoms with Crippen molar-refractivity contribution in [1.29, 1.82) is 0 Å². The zero-order chi connectivity index (χ0) is 16.1. The SMILES string of the molecule is N[C@@H](Cc1cnc[nH]1)C(=O)CC1=CCC(c2ccccc2)C=C1. The molecule has 1 unspecified atom stereocenters. The third-order valence-corrected chi connectivity index (χ3v) is 4.19. The van der Waals surface area contributed by atoms with E-state index in [1.54, 1.807) is 12.5 Å². The lowest BCUT2D eigenvalue weighted by Crippen LogP contribution is -2.33. The highest BCUT2D eigenvalue weighted by Crippen LogP contribution is 2.27. The number of hydrogen-bond donors (Lipinski definition) is 2. The monoisotopic (exact) mass is 307 g/mol. The minimum Gasteiger partial charge on any atom is -0.348 e. The molecule has 1 aromatic heterocycles. The lowest BCUT2D eigenvalue weighted by molar-refractivity contribution is -0.119. The van der Waals surface area contributed by atoms with E-state index in [2.05, 4.69) is 52.5 Å². The molecule has 2 aromatic rings. The van der Waals surface area contributed by atoms with Crippen molar-refractivity contribution < 1.29 is 4.79 Å². The second-order valence-corrected chi connectivity index (χ2v) is 5.92. The Morgan fingerprint density at radius 3 is 2.83 bits per heavy atom. The summed E-state index contributed by atoms with van der Waals surface area (Å²) in [5.41, 5.74) is 9.25. The second-order valence-electron chi connectivity index (χ2n) is 5.92. The Morgan fingerprint density at radius 1 is 1.35 bits per heavy atom. The number of H-pyrrole nitrogens is 1. The molecule has 23 heavy (non-hydrogen) atoms. The van der Waals surface area contributed by atoms with E-state index >= 15 is 0 Å². The summed E-state index contributed by atoms with van der Waals surface area (Å²) in [6, 6.07) is 9.92. The van der Waals surface area contributed by atoms with Crippen LogP contribution in [-0.4, -0.2) is 21.8 Å². The molecule has 0 aliphatic heterocycles. The smallest absolute Gasteiger partial charge is 0.154 e. The van der Waals surface area contributed by atoms with Crippen molar-refractivity contribution in [3.05, 3.63) is 77.9 Å². The van der Waals surface area contributed by atoms with E-state index in [9.17, 15) is 4.79 Å². The number of nitrogens with zero attached hydrogens (tertiary/aromatic N) is 1. The number of aromatic nitrogens is 2. The van der Waals surface area contributed by atoms with E-state index in [0.717, 1.165) is 17.7 Å². The molecule has 118 valence electrons. The fourth-order valence-corrected chi connectivity index (χ4v) is 2.82. The molecule has 1 aliphatic carbocycles. The predicted octanol–water partition coefficient (Wildman–Crippen LogP) is 2.91. The first-order valence-electron chi connectivity index (χ1n) is 7.90. The van der Waals surface area contributed by atoms with Crippen molar-refractivity contribution in [3.63, 3.8) is 0 Å². The van der Waals surface area contributed by atoms with Gasteiger partial charge in [-0.1, -0.05) is 48.6 Å². The van der Waals surface area contributed by atoms with Gasteiger partial charge in [-0.3, -0.25) is 4.79 Å². The largest absolute Gasteiger partial charge is 0.348 e. The number of ketones is 1. The second kappa shape index (κ2) is 7.20. The highest BCUT2D eigenvalue weighted by Gasteiger charge is 2.17. The van der Waals surface area contributed by atoms with Gasteiger partial charge < -0.3 is 10.7 Å². The summed E-state index contributed by atoms with van der Waals surface area (Å²) >= 11 is 0. The van der Waals surface area contributed by atoms with Crippen LogP contribution in [0.3, 0.4) is 0 Å². The van der Waals surface area contributed by atoms with E-state index in [-0.39, 0.29) is 5.78 Å². The molecule has 0 radical (unpaired) electrons. The molecular weight excluding hydrogens is 286 g/mol. The summed E-state index contributed by atoms with van der Waals surface area (Å²) in [6.45, 7) is 0. The number of Topliss-reactive ketones (excluding diaryl/α,β-unsaturated/α-hetero) is 1. The summed E-state index contributed by atoms with van der Waals surface area (Å²) in [4.78, 5) is 19.2. The number of aromatic amines is 1. The van der Waals surface area contributed by atoms with Crippen molar-refractivity contribution in [2.24, 2.45) is 5.73 Å². The zero-order valence-corrected chi connectivity index (χ0v) is 13.0. The molecule has 0 saturated carbocycles. The van der Waals surface area contributed by atoms with Gasteiger partial charge >= 0.3 is 0 Å². The molecule has 1 heterocycles. The molecule has 4 nitrogen and oxygen atoms in total. The number of carbonyl (C=O) groups excluding carboxylic acids is 1. The maximum Gasteiger partial charge on any atom is 0.154 e. The molecule has 0 spiro atoms. The number of imidazole rings is 1. The number of benzene rings is 1. The van der Waals surface area contributed by atoms with Crippen LogP contribution in [0.1, 0.15) is 30.0 Å². The van der Waals surface area contributed by atoms with Crippen molar-refractivity contribution in [2.75, 3.05) is 0 Å². The standard InChI is InChI=1S/C19H21N3O/c20-18(11-17-12-21-13-22-17)19(23)10-14-6-8-16(9-7-14)15-4-2-1-3-5-15/h1-8,12-13,16,18H,9-11,20H2,(H,21,22)/t16?,18-/m0/s1. The number of nitrogens with two attached hydrogens (primary N) is 1. The Balaban J connectivity index is 1.54. The van der Waals surface area contributed by atoms with Crippen LogP contribution in [0.25, 0.3) is 0 Å². The molecule has 0 fully saturated rings. The molecule has 0 amide bonds. The Morgan fingerprint density at radius 2 is 2.17 bits per heavy atom.